The van der Waals surface area contributed by atoms with Gasteiger partial charge in [0.25, 0.3) is 0 Å². The zero-order chi connectivity index (χ0) is 7.28. The first-order chi connectivity index (χ1) is 4.16. The van der Waals surface area contributed by atoms with Crippen molar-refractivity contribution in [3.05, 3.63) is 0 Å². The topological polar surface area (TPSA) is 49.3 Å². The second-order valence-electron chi connectivity index (χ2n) is 1.44. The normalized spacial score (nSPS) is 12.7. The molecule has 0 spiro atoms. The molecule has 1 amide bonds. The molecule has 0 aliphatic heterocycles. The molecule has 5 heteroatoms. The monoisotopic (exact) mass is 139 g/mol. The van der Waals surface area contributed by atoms with Crippen LogP contribution in [0.2, 0.25) is 0 Å². The van der Waals surface area contributed by atoms with Crippen LogP contribution in [0.4, 0.5) is 13.6 Å². The van der Waals surface area contributed by atoms with E-state index < -0.39 is 25.5 Å². The summed E-state index contributed by atoms with van der Waals surface area (Å²) < 4.78 is 23.0. The van der Waals surface area contributed by atoms with Gasteiger partial charge in [0, 0.05) is 0 Å². The van der Waals surface area contributed by atoms with Crippen LogP contribution in [0.3, 0.4) is 0 Å². The third-order valence-corrected chi connectivity index (χ3v) is 0.642. The summed E-state index contributed by atoms with van der Waals surface area (Å²) >= 11 is 0. The first-order valence-corrected chi connectivity index (χ1v) is 2.33. The van der Waals surface area contributed by atoms with Gasteiger partial charge in [-0.25, -0.2) is 13.6 Å². The Morgan fingerprint density at radius 2 is 2.33 bits per heavy atom. The van der Waals surface area contributed by atoms with E-state index in [0.717, 1.165) is 0 Å². The molecule has 0 aliphatic carbocycles. The predicted octanol–water partition coefficient (Wildman–Crippen LogP) is 0.562. The highest BCUT2D eigenvalue weighted by Gasteiger charge is 2.05. The largest absolute Gasteiger partial charge is 0.465 e. The van der Waals surface area contributed by atoms with Gasteiger partial charge in [-0.1, -0.05) is 0 Å². The van der Waals surface area contributed by atoms with Gasteiger partial charge in [0.2, 0.25) is 0 Å². The maximum Gasteiger partial charge on any atom is 0.404 e. The fraction of sp³-hybridized carbons (Fsp3) is 0.750. The van der Waals surface area contributed by atoms with Crippen molar-refractivity contribution in [3.63, 3.8) is 0 Å². The summed E-state index contributed by atoms with van der Waals surface area (Å²) in [5.41, 5.74) is 0. The summed E-state index contributed by atoms with van der Waals surface area (Å²) in [5.74, 6) is 0. The minimum Gasteiger partial charge on any atom is -0.465 e. The number of halogens is 2. The Morgan fingerprint density at radius 3 is 2.67 bits per heavy atom. The van der Waals surface area contributed by atoms with Crippen LogP contribution in [0.1, 0.15) is 0 Å². The molecule has 1 unspecified atom stereocenters. The highest BCUT2D eigenvalue weighted by Crippen LogP contribution is 1.87. The summed E-state index contributed by atoms with van der Waals surface area (Å²) in [6.07, 6.45) is -3.06. The first kappa shape index (κ1) is 8.13. The SMILES string of the molecule is O=C(O)NCC(F)CF. The number of nitrogens with one attached hydrogen (secondary N) is 1. The van der Waals surface area contributed by atoms with Crippen LogP contribution in [0.15, 0.2) is 0 Å². The van der Waals surface area contributed by atoms with Gasteiger partial charge in [0.15, 0.2) is 0 Å². The summed E-state index contributed by atoms with van der Waals surface area (Å²) in [7, 11) is 0. The number of alkyl halides is 2. The van der Waals surface area contributed by atoms with Crippen molar-refractivity contribution in [2.45, 2.75) is 6.17 Å². The third kappa shape index (κ3) is 4.99. The molecule has 0 aliphatic rings. The lowest BCUT2D eigenvalue weighted by atomic mass is 10.4. The van der Waals surface area contributed by atoms with Gasteiger partial charge in [-0.2, -0.15) is 0 Å². The van der Waals surface area contributed by atoms with Gasteiger partial charge in [0.05, 0.1) is 6.54 Å². The molecule has 0 fully saturated rings. The quantitative estimate of drug-likeness (QED) is 0.600. The van der Waals surface area contributed by atoms with E-state index in [1.807, 2.05) is 0 Å². The molecule has 2 N–H and O–H groups in total. The van der Waals surface area contributed by atoms with E-state index in [1.54, 1.807) is 5.32 Å². The van der Waals surface area contributed by atoms with Crippen molar-refractivity contribution >= 4 is 6.09 Å². The molecule has 0 aromatic rings. The van der Waals surface area contributed by atoms with Crippen molar-refractivity contribution in [2.24, 2.45) is 0 Å². The number of rotatable bonds is 3. The minimum atomic E-state index is -1.72. The Hall–Kier alpha value is -0.870. The highest BCUT2D eigenvalue weighted by atomic mass is 19.2. The van der Waals surface area contributed by atoms with E-state index >= 15 is 0 Å². The Labute approximate surface area is 50.7 Å². The molecule has 0 rings (SSSR count). The number of hydrogen-bond acceptors (Lipinski definition) is 1. The maximum absolute atomic E-state index is 11.8. The zero-order valence-electron chi connectivity index (χ0n) is 4.60. The van der Waals surface area contributed by atoms with E-state index in [1.165, 1.54) is 0 Å². The van der Waals surface area contributed by atoms with Crippen LogP contribution in [0, 0.1) is 0 Å². The van der Waals surface area contributed by atoms with Crippen LogP contribution >= 0.6 is 0 Å². The molecule has 0 saturated heterocycles. The molecule has 0 radical (unpaired) electrons. The molecule has 0 aromatic carbocycles. The summed E-state index contributed by atoms with van der Waals surface area (Å²) in [6.45, 7) is -1.63. The van der Waals surface area contributed by atoms with Crippen molar-refractivity contribution in [1.82, 2.24) is 5.32 Å². The van der Waals surface area contributed by atoms with Gasteiger partial charge in [-0.3, -0.25) is 0 Å². The Balaban J connectivity index is 3.16. The molecule has 0 bridgehead atoms. The summed E-state index contributed by atoms with van der Waals surface area (Å²) in [6, 6.07) is 0. The predicted molar refractivity (Wildman–Crippen MR) is 26.9 cm³/mol. The standard InChI is InChI=1S/C4H7F2NO2/c5-1-3(6)2-7-4(8)9/h3,7H,1-2H2,(H,8,9). The Bertz CT molecular complexity index is 98.6. The number of hydrogen-bond donors (Lipinski definition) is 2. The van der Waals surface area contributed by atoms with Gasteiger partial charge in [0.1, 0.15) is 12.8 Å². The van der Waals surface area contributed by atoms with Crippen LogP contribution in [0.25, 0.3) is 0 Å². The average Bonchev–Trinajstić information content (AvgIpc) is 1.83. The second kappa shape index (κ2) is 4.05. The molecule has 0 heterocycles. The van der Waals surface area contributed by atoms with Crippen LogP contribution in [0.5, 0.6) is 0 Å². The van der Waals surface area contributed by atoms with Crippen LogP contribution < -0.4 is 5.32 Å². The third-order valence-electron chi connectivity index (χ3n) is 0.642. The lowest BCUT2D eigenvalue weighted by molar-refractivity contribution is 0.185. The van der Waals surface area contributed by atoms with Crippen molar-refractivity contribution in [1.29, 1.82) is 0 Å². The van der Waals surface area contributed by atoms with Gasteiger partial charge >= 0.3 is 6.09 Å². The second-order valence-corrected chi connectivity index (χ2v) is 1.44. The lowest BCUT2D eigenvalue weighted by Crippen LogP contribution is -2.29. The van der Waals surface area contributed by atoms with Gasteiger partial charge < -0.3 is 10.4 Å². The number of amides is 1. The van der Waals surface area contributed by atoms with E-state index in [-0.39, 0.29) is 0 Å². The molecule has 1 atom stereocenters. The zero-order valence-corrected chi connectivity index (χ0v) is 4.60. The smallest absolute Gasteiger partial charge is 0.404 e. The molecule has 9 heavy (non-hydrogen) atoms. The van der Waals surface area contributed by atoms with Gasteiger partial charge in [-0.05, 0) is 0 Å². The van der Waals surface area contributed by atoms with Crippen LogP contribution in [-0.2, 0) is 0 Å². The molecular weight excluding hydrogens is 132 g/mol. The van der Waals surface area contributed by atoms with E-state index in [9.17, 15) is 13.6 Å². The van der Waals surface area contributed by atoms with Crippen LogP contribution in [-0.4, -0.2) is 30.6 Å². The van der Waals surface area contributed by atoms with Crippen molar-refractivity contribution in [3.8, 4) is 0 Å². The molecule has 54 valence electrons. The Kier molecular flexibility index (Phi) is 3.66. The average molecular weight is 139 g/mol. The number of carboxylic acid groups (broad SMARTS) is 1. The minimum absolute atomic E-state index is 0.480. The summed E-state index contributed by atoms with van der Waals surface area (Å²) in [5, 5.41) is 9.56. The molecular formula is C4H7F2NO2. The van der Waals surface area contributed by atoms with Gasteiger partial charge in [-0.15, -0.1) is 0 Å². The fourth-order valence-electron chi connectivity index (χ4n) is 0.253. The van der Waals surface area contributed by atoms with E-state index in [0.29, 0.717) is 0 Å². The molecule has 0 aromatic heterocycles. The maximum atomic E-state index is 11.8. The molecule has 3 nitrogen and oxygen atoms in total. The lowest BCUT2D eigenvalue weighted by Gasteiger charge is -2.00. The number of carbonyl (C=O) groups is 1. The summed E-state index contributed by atoms with van der Waals surface area (Å²) in [4.78, 5) is 9.62. The van der Waals surface area contributed by atoms with E-state index in [4.69, 9.17) is 5.11 Å². The van der Waals surface area contributed by atoms with E-state index in [2.05, 4.69) is 0 Å². The molecule has 0 saturated carbocycles. The highest BCUT2D eigenvalue weighted by molar-refractivity contribution is 5.64. The fourth-order valence-corrected chi connectivity index (χ4v) is 0.253. The van der Waals surface area contributed by atoms with Crippen molar-refractivity contribution < 1.29 is 18.7 Å². The first-order valence-electron chi connectivity index (χ1n) is 2.33. The van der Waals surface area contributed by atoms with Crippen molar-refractivity contribution in [2.75, 3.05) is 13.2 Å². The Morgan fingerprint density at radius 1 is 1.78 bits per heavy atom.